The first-order valence-electron chi connectivity index (χ1n) is 7.65. The van der Waals surface area contributed by atoms with Crippen LogP contribution in [0.5, 0.6) is 0 Å². The Bertz CT molecular complexity index is 707. The van der Waals surface area contributed by atoms with E-state index in [1.807, 2.05) is 11.4 Å². The Morgan fingerprint density at radius 1 is 1.32 bits per heavy atom. The van der Waals surface area contributed by atoms with Crippen molar-refractivity contribution in [3.05, 3.63) is 50.1 Å². The SMILES string of the molecule is O=C(NCCn1nc2c(cc1=O)CCCCC2)c1cccs1. The summed E-state index contributed by atoms with van der Waals surface area (Å²) in [5, 5.41) is 9.18. The summed E-state index contributed by atoms with van der Waals surface area (Å²) in [7, 11) is 0. The lowest BCUT2D eigenvalue weighted by atomic mass is 10.1. The van der Waals surface area contributed by atoms with Crippen LogP contribution in [-0.2, 0) is 19.4 Å². The molecule has 2 aromatic rings. The molecule has 5 nitrogen and oxygen atoms in total. The standard InChI is InChI=1S/C16H19N3O2S/c20-15-11-12-5-2-1-3-6-13(12)18-19(15)9-8-17-16(21)14-7-4-10-22-14/h4,7,10-11H,1-3,5-6,8-9H2,(H,17,21). The zero-order valence-corrected chi connectivity index (χ0v) is 13.2. The first-order valence-corrected chi connectivity index (χ1v) is 8.53. The van der Waals surface area contributed by atoms with Gasteiger partial charge in [-0.25, -0.2) is 4.68 Å². The third-order valence-electron chi connectivity index (χ3n) is 3.88. The van der Waals surface area contributed by atoms with Gasteiger partial charge in [0.15, 0.2) is 0 Å². The molecule has 2 aromatic heterocycles. The van der Waals surface area contributed by atoms with Crippen LogP contribution >= 0.6 is 11.3 Å². The molecule has 116 valence electrons. The second-order valence-corrected chi connectivity index (χ2v) is 6.42. The number of thiophene rings is 1. The van der Waals surface area contributed by atoms with E-state index in [4.69, 9.17) is 0 Å². The number of aryl methyl sites for hydroxylation is 2. The monoisotopic (exact) mass is 317 g/mol. The topological polar surface area (TPSA) is 64.0 Å². The van der Waals surface area contributed by atoms with Gasteiger partial charge in [0.2, 0.25) is 0 Å². The van der Waals surface area contributed by atoms with E-state index in [0.29, 0.717) is 18.0 Å². The highest BCUT2D eigenvalue weighted by molar-refractivity contribution is 7.12. The molecule has 1 amide bonds. The first kappa shape index (κ1) is 15.0. The van der Waals surface area contributed by atoms with E-state index in [0.717, 1.165) is 36.9 Å². The fourth-order valence-corrected chi connectivity index (χ4v) is 3.35. The molecule has 0 aromatic carbocycles. The molecular formula is C16H19N3O2S. The Morgan fingerprint density at radius 2 is 2.18 bits per heavy atom. The smallest absolute Gasteiger partial charge is 0.267 e. The second-order valence-electron chi connectivity index (χ2n) is 5.47. The summed E-state index contributed by atoms with van der Waals surface area (Å²) in [6, 6.07) is 5.35. The summed E-state index contributed by atoms with van der Waals surface area (Å²) < 4.78 is 1.47. The zero-order valence-electron chi connectivity index (χ0n) is 12.4. The van der Waals surface area contributed by atoms with Crippen molar-refractivity contribution in [1.29, 1.82) is 0 Å². The van der Waals surface area contributed by atoms with Gasteiger partial charge in [-0.05, 0) is 42.7 Å². The van der Waals surface area contributed by atoms with Crippen LogP contribution in [0.1, 0.15) is 40.2 Å². The van der Waals surface area contributed by atoms with Crippen molar-refractivity contribution in [2.24, 2.45) is 0 Å². The summed E-state index contributed by atoms with van der Waals surface area (Å²) >= 11 is 1.41. The largest absolute Gasteiger partial charge is 0.349 e. The normalized spacial score (nSPS) is 14.2. The van der Waals surface area contributed by atoms with Crippen LogP contribution in [0.15, 0.2) is 28.4 Å². The number of nitrogens with zero attached hydrogens (tertiary/aromatic N) is 2. The predicted molar refractivity (Wildman–Crippen MR) is 86.4 cm³/mol. The van der Waals surface area contributed by atoms with Gasteiger partial charge in [-0.3, -0.25) is 9.59 Å². The van der Waals surface area contributed by atoms with Crippen molar-refractivity contribution in [1.82, 2.24) is 15.1 Å². The molecule has 22 heavy (non-hydrogen) atoms. The van der Waals surface area contributed by atoms with Crippen molar-refractivity contribution in [2.45, 2.75) is 38.6 Å². The molecule has 0 radical (unpaired) electrons. The van der Waals surface area contributed by atoms with E-state index in [2.05, 4.69) is 10.4 Å². The van der Waals surface area contributed by atoms with E-state index < -0.39 is 0 Å². The third kappa shape index (κ3) is 3.44. The molecule has 0 saturated heterocycles. The summed E-state index contributed by atoms with van der Waals surface area (Å²) in [5.74, 6) is -0.0993. The minimum atomic E-state index is -0.0993. The Labute approximate surface area is 133 Å². The van der Waals surface area contributed by atoms with Crippen molar-refractivity contribution in [3.8, 4) is 0 Å². The highest BCUT2D eigenvalue weighted by atomic mass is 32.1. The van der Waals surface area contributed by atoms with Crippen LogP contribution in [0.3, 0.4) is 0 Å². The summed E-state index contributed by atoms with van der Waals surface area (Å²) in [6.07, 6.45) is 5.36. The maximum Gasteiger partial charge on any atom is 0.267 e. The number of amides is 1. The van der Waals surface area contributed by atoms with Gasteiger partial charge in [0, 0.05) is 12.6 Å². The Hall–Kier alpha value is -1.95. The lowest BCUT2D eigenvalue weighted by Crippen LogP contribution is -2.32. The van der Waals surface area contributed by atoms with E-state index >= 15 is 0 Å². The van der Waals surface area contributed by atoms with E-state index in [1.165, 1.54) is 22.4 Å². The number of nitrogens with one attached hydrogen (secondary N) is 1. The second kappa shape index (κ2) is 6.87. The number of carbonyl (C=O) groups excluding carboxylic acids is 1. The lowest BCUT2D eigenvalue weighted by molar-refractivity contribution is 0.0956. The van der Waals surface area contributed by atoms with Crippen LogP contribution in [0.4, 0.5) is 0 Å². The van der Waals surface area contributed by atoms with Crippen LogP contribution in [0.25, 0.3) is 0 Å². The number of aromatic nitrogens is 2. The Kier molecular flexibility index (Phi) is 4.68. The average Bonchev–Trinajstić information content (AvgIpc) is 2.95. The van der Waals surface area contributed by atoms with Gasteiger partial charge < -0.3 is 5.32 Å². The third-order valence-corrected chi connectivity index (χ3v) is 4.75. The van der Waals surface area contributed by atoms with E-state index in [9.17, 15) is 9.59 Å². The predicted octanol–water partition coefficient (Wildman–Crippen LogP) is 2.00. The molecule has 2 heterocycles. The van der Waals surface area contributed by atoms with Gasteiger partial charge in [-0.1, -0.05) is 12.5 Å². The molecule has 0 unspecified atom stereocenters. The number of rotatable bonds is 4. The number of carbonyl (C=O) groups is 1. The van der Waals surface area contributed by atoms with Gasteiger partial charge in [-0.2, -0.15) is 5.10 Å². The van der Waals surface area contributed by atoms with Crippen molar-refractivity contribution in [3.63, 3.8) is 0 Å². The highest BCUT2D eigenvalue weighted by Crippen LogP contribution is 2.16. The fraction of sp³-hybridized carbons (Fsp3) is 0.438. The summed E-state index contributed by atoms with van der Waals surface area (Å²) in [4.78, 5) is 24.6. The zero-order chi connectivity index (χ0) is 15.4. The maximum atomic E-state index is 12.1. The molecule has 0 aliphatic heterocycles. The Morgan fingerprint density at radius 3 is 3.00 bits per heavy atom. The van der Waals surface area contributed by atoms with Crippen molar-refractivity contribution >= 4 is 17.2 Å². The van der Waals surface area contributed by atoms with Gasteiger partial charge >= 0.3 is 0 Å². The fourth-order valence-electron chi connectivity index (χ4n) is 2.71. The molecule has 3 rings (SSSR count). The minimum Gasteiger partial charge on any atom is -0.349 e. The molecule has 0 bridgehead atoms. The van der Waals surface area contributed by atoms with Crippen molar-refractivity contribution < 1.29 is 4.79 Å². The maximum absolute atomic E-state index is 12.1. The number of hydrogen-bond acceptors (Lipinski definition) is 4. The Balaban J connectivity index is 1.64. The molecule has 0 fully saturated rings. The molecule has 6 heteroatoms. The summed E-state index contributed by atoms with van der Waals surface area (Å²) in [5.41, 5.74) is 2.06. The molecule has 1 aliphatic rings. The molecular weight excluding hydrogens is 298 g/mol. The highest BCUT2D eigenvalue weighted by Gasteiger charge is 2.12. The summed E-state index contributed by atoms with van der Waals surface area (Å²) in [6.45, 7) is 0.811. The van der Waals surface area contributed by atoms with Crippen molar-refractivity contribution in [2.75, 3.05) is 6.54 Å². The van der Waals surface area contributed by atoms with Gasteiger partial charge in [0.25, 0.3) is 11.5 Å². The molecule has 0 spiro atoms. The number of hydrogen-bond donors (Lipinski definition) is 1. The van der Waals surface area contributed by atoms with Crippen LogP contribution in [0, 0.1) is 0 Å². The lowest BCUT2D eigenvalue weighted by Gasteiger charge is -2.10. The molecule has 0 atom stereocenters. The minimum absolute atomic E-state index is 0.0778. The number of fused-ring (bicyclic) bond motifs is 1. The van der Waals surface area contributed by atoms with Gasteiger partial charge in [0.05, 0.1) is 17.1 Å². The van der Waals surface area contributed by atoms with Crippen LogP contribution in [-0.4, -0.2) is 22.2 Å². The van der Waals surface area contributed by atoms with E-state index in [-0.39, 0.29) is 11.5 Å². The quantitative estimate of drug-likeness (QED) is 0.877. The van der Waals surface area contributed by atoms with Gasteiger partial charge in [0.1, 0.15) is 0 Å². The van der Waals surface area contributed by atoms with E-state index in [1.54, 1.807) is 12.1 Å². The average molecular weight is 317 g/mol. The molecule has 1 N–H and O–H groups in total. The molecule has 1 aliphatic carbocycles. The molecule has 0 saturated carbocycles. The van der Waals surface area contributed by atoms with Crippen LogP contribution in [0.2, 0.25) is 0 Å². The van der Waals surface area contributed by atoms with Crippen LogP contribution < -0.4 is 10.9 Å². The first-order chi connectivity index (χ1) is 10.7. The van der Waals surface area contributed by atoms with Gasteiger partial charge in [-0.15, -0.1) is 11.3 Å².